The SMILES string of the molecule is O=C(CCC1NC(=O)c2ccccc2NC1=O)NCCCCCc1nc2ccccc2[nH]1. The van der Waals surface area contributed by atoms with E-state index >= 15 is 0 Å². The highest BCUT2D eigenvalue weighted by atomic mass is 16.2. The molecule has 8 nitrogen and oxygen atoms in total. The van der Waals surface area contributed by atoms with Crippen molar-refractivity contribution in [1.82, 2.24) is 20.6 Å². The Morgan fingerprint density at radius 3 is 2.69 bits per heavy atom. The molecular formula is C24H27N5O3. The summed E-state index contributed by atoms with van der Waals surface area (Å²) in [4.78, 5) is 44.8. The van der Waals surface area contributed by atoms with Gasteiger partial charge in [0, 0.05) is 19.4 Å². The molecule has 0 fully saturated rings. The molecule has 166 valence electrons. The van der Waals surface area contributed by atoms with Gasteiger partial charge in [-0.25, -0.2) is 4.98 Å². The summed E-state index contributed by atoms with van der Waals surface area (Å²) in [6.07, 6.45) is 4.15. The minimum atomic E-state index is -0.732. The molecule has 8 heteroatoms. The Balaban J connectivity index is 1.13. The number of aromatic nitrogens is 2. The molecule has 0 bridgehead atoms. The molecule has 2 heterocycles. The van der Waals surface area contributed by atoms with Crippen molar-refractivity contribution >= 4 is 34.4 Å². The lowest BCUT2D eigenvalue weighted by Gasteiger charge is -2.14. The van der Waals surface area contributed by atoms with Crippen molar-refractivity contribution < 1.29 is 14.4 Å². The number of carbonyl (C=O) groups excluding carboxylic acids is 3. The van der Waals surface area contributed by atoms with E-state index < -0.39 is 6.04 Å². The maximum absolute atomic E-state index is 12.4. The van der Waals surface area contributed by atoms with Gasteiger partial charge in [-0.15, -0.1) is 0 Å². The number of aromatic amines is 1. The molecule has 1 atom stereocenters. The fourth-order valence-corrected chi connectivity index (χ4v) is 3.82. The fourth-order valence-electron chi connectivity index (χ4n) is 3.82. The van der Waals surface area contributed by atoms with Gasteiger partial charge in [-0.05, 0) is 43.5 Å². The van der Waals surface area contributed by atoms with E-state index in [1.54, 1.807) is 24.3 Å². The first-order chi connectivity index (χ1) is 15.6. The summed E-state index contributed by atoms with van der Waals surface area (Å²) in [5, 5.41) is 8.36. The number of carbonyl (C=O) groups is 3. The van der Waals surface area contributed by atoms with Gasteiger partial charge in [0.2, 0.25) is 11.8 Å². The number of benzene rings is 2. The average Bonchev–Trinajstić information content (AvgIpc) is 3.16. The van der Waals surface area contributed by atoms with Crippen molar-refractivity contribution in [2.45, 2.75) is 44.6 Å². The van der Waals surface area contributed by atoms with Gasteiger partial charge in [0.15, 0.2) is 0 Å². The maximum Gasteiger partial charge on any atom is 0.254 e. The topological polar surface area (TPSA) is 116 Å². The summed E-state index contributed by atoms with van der Waals surface area (Å²) < 4.78 is 0. The molecule has 0 radical (unpaired) electrons. The number of imidazole rings is 1. The van der Waals surface area contributed by atoms with Gasteiger partial charge in [-0.1, -0.05) is 30.7 Å². The number of para-hydroxylation sites is 3. The molecular weight excluding hydrogens is 406 g/mol. The molecule has 0 spiro atoms. The van der Waals surface area contributed by atoms with E-state index in [0.29, 0.717) is 17.8 Å². The number of amides is 3. The Kier molecular flexibility index (Phi) is 6.79. The number of nitrogens with one attached hydrogen (secondary N) is 4. The largest absolute Gasteiger partial charge is 0.356 e. The molecule has 3 aromatic rings. The molecule has 4 N–H and O–H groups in total. The number of fused-ring (bicyclic) bond motifs is 2. The zero-order chi connectivity index (χ0) is 22.3. The summed E-state index contributed by atoms with van der Waals surface area (Å²) in [5.74, 6) is 0.253. The van der Waals surface area contributed by atoms with E-state index in [1.807, 2.05) is 24.3 Å². The Morgan fingerprint density at radius 2 is 1.81 bits per heavy atom. The zero-order valence-corrected chi connectivity index (χ0v) is 17.8. The van der Waals surface area contributed by atoms with Crippen LogP contribution in [0.5, 0.6) is 0 Å². The second kappa shape index (κ2) is 10.1. The Bertz CT molecular complexity index is 1090. The predicted molar refractivity (Wildman–Crippen MR) is 122 cm³/mol. The van der Waals surface area contributed by atoms with E-state index in [1.165, 1.54) is 0 Å². The van der Waals surface area contributed by atoms with Gasteiger partial charge >= 0.3 is 0 Å². The van der Waals surface area contributed by atoms with Crippen LogP contribution in [0.2, 0.25) is 0 Å². The molecule has 2 aromatic carbocycles. The van der Waals surface area contributed by atoms with Crippen LogP contribution in [0.1, 0.15) is 48.3 Å². The van der Waals surface area contributed by atoms with Crippen molar-refractivity contribution in [3.8, 4) is 0 Å². The van der Waals surface area contributed by atoms with E-state index in [9.17, 15) is 14.4 Å². The lowest BCUT2D eigenvalue weighted by Crippen LogP contribution is -2.42. The number of unbranched alkanes of at least 4 members (excludes halogenated alkanes) is 2. The molecule has 4 rings (SSSR count). The molecule has 1 aromatic heterocycles. The second-order valence-electron chi connectivity index (χ2n) is 7.96. The predicted octanol–water partition coefficient (Wildman–Crippen LogP) is 2.92. The molecule has 1 unspecified atom stereocenters. The minimum absolute atomic E-state index is 0.119. The quantitative estimate of drug-likeness (QED) is 0.388. The van der Waals surface area contributed by atoms with Crippen LogP contribution < -0.4 is 16.0 Å². The Labute approximate surface area is 186 Å². The standard InChI is InChI=1S/C24H27N5O3/c30-22(14-13-20-24(32)28-17-9-4-3-8-16(17)23(31)29-20)25-15-7-1-2-12-21-26-18-10-5-6-11-19(18)27-21/h3-6,8-11,20H,1-2,7,12-15H2,(H,25,30)(H,26,27)(H,28,32)(H,29,31). The van der Waals surface area contributed by atoms with Crippen molar-refractivity contribution in [3.63, 3.8) is 0 Å². The average molecular weight is 434 g/mol. The van der Waals surface area contributed by atoms with Crippen LogP contribution in [0.3, 0.4) is 0 Å². The van der Waals surface area contributed by atoms with Crippen LogP contribution in [0.25, 0.3) is 11.0 Å². The third-order valence-electron chi connectivity index (χ3n) is 5.56. The van der Waals surface area contributed by atoms with E-state index in [0.717, 1.165) is 42.5 Å². The van der Waals surface area contributed by atoms with Crippen LogP contribution in [-0.2, 0) is 16.0 Å². The summed E-state index contributed by atoms with van der Waals surface area (Å²) in [5.41, 5.74) is 2.95. The van der Waals surface area contributed by atoms with Gasteiger partial charge < -0.3 is 20.9 Å². The minimum Gasteiger partial charge on any atom is -0.356 e. The summed E-state index contributed by atoms with van der Waals surface area (Å²) in [6, 6.07) is 14.1. The first-order valence-corrected chi connectivity index (χ1v) is 11.0. The van der Waals surface area contributed by atoms with Crippen molar-refractivity contribution in [3.05, 3.63) is 59.9 Å². The number of hydrogen-bond acceptors (Lipinski definition) is 4. The van der Waals surface area contributed by atoms with Gasteiger partial charge in [0.25, 0.3) is 5.91 Å². The normalized spacial score (nSPS) is 15.6. The van der Waals surface area contributed by atoms with Crippen LogP contribution in [0.15, 0.2) is 48.5 Å². The van der Waals surface area contributed by atoms with Crippen molar-refractivity contribution in [1.29, 1.82) is 0 Å². The third-order valence-corrected chi connectivity index (χ3v) is 5.56. The monoisotopic (exact) mass is 433 g/mol. The summed E-state index contributed by atoms with van der Waals surface area (Å²) in [7, 11) is 0. The van der Waals surface area contributed by atoms with Gasteiger partial charge in [0.05, 0.1) is 22.3 Å². The summed E-state index contributed by atoms with van der Waals surface area (Å²) in [6.45, 7) is 0.591. The zero-order valence-electron chi connectivity index (χ0n) is 17.8. The Morgan fingerprint density at radius 1 is 1.00 bits per heavy atom. The lowest BCUT2D eigenvalue weighted by atomic mass is 10.1. The van der Waals surface area contributed by atoms with Gasteiger partial charge in [-0.3, -0.25) is 14.4 Å². The van der Waals surface area contributed by atoms with E-state index in [2.05, 4.69) is 25.9 Å². The van der Waals surface area contributed by atoms with E-state index in [4.69, 9.17) is 0 Å². The number of hydrogen-bond donors (Lipinski definition) is 4. The highest BCUT2D eigenvalue weighted by Gasteiger charge is 2.27. The Hall–Kier alpha value is -3.68. The second-order valence-corrected chi connectivity index (χ2v) is 7.96. The molecule has 32 heavy (non-hydrogen) atoms. The highest BCUT2D eigenvalue weighted by Crippen LogP contribution is 2.19. The van der Waals surface area contributed by atoms with Crippen LogP contribution >= 0.6 is 0 Å². The van der Waals surface area contributed by atoms with Crippen molar-refractivity contribution in [2.24, 2.45) is 0 Å². The van der Waals surface area contributed by atoms with Crippen LogP contribution in [0, 0.1) is 0 Å². The lowest BCUT2D eigenvalue weighted by molar-refractivity contribution is -0.121. The number of anilines is 1. The molecule has 0 saturated heterocycles. The number of nitrogens with zero attached hydrogens (tertiary/aromatic N) is 1. The van der Waals surface area contributed by atoms with Crippen molar-refractivity contribution in [2.75, 3.05) is 11.9 Å². The molecule has 1 aliphatic heterocycles. The molecule has 0 aliphatic carbocycles. The summed E-state index contributed by atoms with van der Waals surface area (Å²) >= 11 is 0. The fraction of sp³-hybridized carbons (Fsp3) is 0.333. The third kappa shape index (κ3) is 5.32. The highest BCUT2D eigenvalue weighted by molar-refractivity contribution is 6.09. The molecule has 3 amide bonds. The van der Waals surface area contributed by atoms with Crippen LogP contribution in [-0.4, -0.2) is 40.3 Å². The maximum atomic E-state index is 12.4. The van der Waals surface area contributed by atoms with E-state index in [-0.39, 0.29) is 30.6 Å². The van der Waals surface area contributed by atoms with Gasteiger partial charge in [0.1, 0.15) is 11.9 Å². The first kappa shape index (κ1) is 21.5. The number of aryl methyl sites for hydroxylation is 1. The van der Waals surface area contributed by atoms with Gasteiger partial charge in [-0.2, -0.15) is 0 Å². The molecule has 1 aliphatic rings. The molecule has 0 saturated carbocycles. The first-order valence-electron chi connectivity index (χ1n) is 11.0. The number of H-pyrrole nitrogens is 1. The van der Waals surface area contributed by atoms with Crippen LogP contribution in [0.4, 0.5) is 5.69 Å². The number of rotatable bonds is 9. The smallest absolute Gasteiger partial charge is 0.254 e.